The Hall–Kier alpha value is -1.25. The van der Waals surface area contributed by atoms with Crippen LogP contribution in [-0.4, -0.2) is 16.1 Å². The summed E-state index contributed by atoms with van der Waals surface area (Å²) in [5.74, 6) is 0.0249. The summed E-state index contributed by atoms with van der Waals surface area (Å²) in [5.41, 5.74) is 3.59. The predicted octanol–water partition coefficient (Wildman–Crippen LogP) is 4.08. The third-order valence-corrected chi connectivity index (χ3v) is 3.06. The van der Waals surface area contributed by atoms with Crippen molar-refractivity contribution in [2.45, 2.75) is 59.3 Å². The molecular weight excluding hydrogens is 214 g/mol. The van der Waals surface area contributed by atoms with Crippen LogP contribution in [0.3, 0.4) is 0 Å². The molecule has 0 aliphatic heterocycles. The molecule has 0 aliphatic rings. The van der Waals surface area contributed by atoms with Gasteiger partial charge in [0.15, 0.2) is 0 Å². The fourth-order valence-electron chi connectivity index (χ4n) is 2.39. The first-order valence-corrected chi connectivity index (χ1v) is 6.26. The first-order chi connectivity index (χ1) is 7.77. The molecule has 1 rings (SSSR count). The molecule has 0 aliphatic carbocycles. The summed E-state index contributed by atoms with van der Waals surface area (Å²) >= 11 is 0. The Morgan fingerprint density at radius 3 is 1.71 bits per heavy atom. The van der Waals surface area contributed by atoms with Gasteiger partial charge in [-0.3, -0.25) is 0 Å². The van der Waals surface area contributed by atoms with E-state index in [1.165, 1.54) is 5.56 Å². The fourth-order valence-corrected chi connectivity index (χ4v) is 2.39. The molecule has 17 heavy (non-hydrogen) atoms. The summed E-state index contributed by atoms with van der Waals surface area (Å²) < 4.78 is 0. The Bertz CT molecular complexity index is 414. The zero-order chi connectivity index (χ0) is 13.3. The van der Waals surface area contributed by atoms with Crippen LogP contribution in [0.25, 0.3) is 0 Å². The number of aromatic nitrogens is 1. The van der Waals surface area contributed by atoms with Crippen LogP contribution in [-0.2, 0) is 0 Å². The smallest absolute Gasteiger partial charge is 0.352 e. The van der Waals surface area contributed by atoms with Crippen LogP contribution in [0.4, 0.5) is 0 Å². The highest BCUT2D eigenvalue weighted by Crippen LogP contribution is 2.35. The molecule has 0 unspecified atom stereocenters. The normalized spacial score (nSPS) is 11.8. The second-order valence-corrected chi connectivity index (χ2v) is 5.51. The minimum absolute atomic E-state index is 0.224. The van der Waals surface area contributed by atoms with Crippen molar-refractivity contribution in [2.24, 2.45) is 0 Å². The maximum atomic E-state index is 11.3. The minimum Gasteiger partial charge on any atom is -0.477 e. The van der Waals surface area contributed by atoms with E-state index in [0.29, 0.717) is 17.5 Å². The lowest BCUT2D eigenvalue weighted by molar-refractivity contribution is 0.0689. The molecule has 1 heterocycles. The van der Waals surface area contributed by atoms with Crippen molar-refractivity contribution in [1.82, 2.24) is 4.98 Å². The number of carboxylic acid groups (broad SMARTS) is 1. The van der Waals surface area contributed by atoms with Crippen molar-refractivity contribution in [1.29, 1.82) is 0 Å². The van der Waals surface area contributed by atoms with E-state index in [4.69, 9.17) is 0 Å². The first kappa shape index (κ1) is 13.8. The molecule has 0 radical (unpaired) electrons. The third kappa shape index (κ3) is 2.54. The highest BCUT2D eigenvalue weighted by Gasteiger charge is 2.26. The molecular formula is C14H23NO2. The number of carbonyl (C=O) groups is 1. The third-order valence-electron chi connectivity index (χ3n) is 3.06. The second-order valence-electron chi connectivity index (χ2n) is 5.51. The number of aromatic amines is 1. The van der Waals surface area contributed by atoms with Gasteiger partial charge in [0, 0.05) is 5.69 Å². The quantitative estimate of drug-likeness (QED) is 0.829. The van der Waals surface area contributed by atoms with Crippen molar-refractivity contribution in [3.63, 3.8) is 0 Å². The van der Waals surface area contributed by atoms with Gasteiger partial charge in [-0.15, -0.1) is 0 Å². The van der Waals surface area contributed by atoms with Gasteiger partial charge < -0.3 is 10.1 Å². The lowest BCUT2D eigenvalue weighted by Gasteiger charge is -2.15. The van der Waals surface area contributed by atoms with Gasteiger partial charge in [0.1, 0.15) is 5.69 Å². The molecule has 1 aromatic heterocycles. The lowest BCUT2D eigenvalue weighted by atomic mass is 9.88. The number of aromatic carboxylic acids is 1. The topological polar surface area (TPSA) is 53.1 Å². The highest BCUT2D eigenvalue weighted by atomic mass is 16.4. The summed E-state index contributed by atoms with van der Waals surface area (Å²) in [6, 6.07) is 0. The van der Waals surface area contributed by atoms with Gasteiger partial charge >= 0.3 is 5.97 Å². The number of rotatable bonds is 4. The molecule has 0 amide bonds. The Morgan fingerprint density at radius 2 is 1.41 bits per heavy atom. The van der Waals surface area contributed by atoms with Gasteiger partial charge in [-0.2, -0.15) is 0 Å². The predicted molar refractivity (Wildman–Crippen MR) is 70.0 cm³/mol. The van der Waals surface area contributed by atoms with Gasteiger partial charge in [0.05, 0.1) is 0 Å². The molecule has 0 saturated heterocycles. The van der Waals surface area contributed by atoms with E-state index in [1.807, 2.05) is 13.8 Å². The van der Waals surface area contributed by atoms with E-state index in [0.717, 1.165) is 11.3 Å². The Morgan fingerprint density at radius 1 is 0.941 bits per heavy atom. The number of hydrogen-bond donors (Lipinski definition) is 2. The average molecular weight is 237 g/mol. The summed E-state index contributed by atoms with van der Waals surface area (Å²) in [6.07, 6.45) is 0. The van der Waals surface area contributed by atoms with Gasteiger partial charge in [0.25, 0.3) is 0 Å². The van der Waals surface area contributed by atoms with Crippen molar-refractivity contribution < 1.29 is 9.90 Å². The zero-order valence-corrected chi connectivity index (χ0v) is 11.6. The van der Waals surface area contributed by atoms with Crippen LogP contribution in [0.1, 0.15) is 86.6 Å². The Kier molecular flexibility index (Phi) is 4.02. The summed E-state index contributed by atoms with van der Waals surface area (Å²) in [4.78, 5) is 14.4. The largest absolute Gasteiger partial charge is 0.477 e. The molecule has 0 spiro atoms. The van der Waals surface area contributed by atoms with E-state index in [2.05, 4.69) is 32.7 Å². The fraction of sp³-hybridized carbons (Fsp3) is 0.643. The maximum Gasteiger partial charge on any atom is 0.352 e. The summed E-state index contributed by atoms with van der Waals surface area (Å²) in [5, 5.41) is 9.28. The van der Waals surface area contributed by atoms with Gasteiger partial charge in [-0.1, -0.05) is 41.5 Å². The summed E-state index contributed by atoms with van der Waals surface area (Å²) in [6.45, 7) is 12.5. The Balaban J connectivity index is 3.55. The van der Waals surface area contributed by atoms with Gasteiger partial charge in [-0.25, -0.2) is 4.79 Å². The molecule has 3 nitrogen and oxygen atoms in total. The Labute approximate surface area is 103 Å². The molecule has 3 heteroatoms. The molecule has 0 fully saturated rings. The number of hydrogen-bond acceptors (Lipinski definition) is 1. The van der Waals surface area contributed by atoms with Gasteiger partial charge in [0.2, 0.25) is 0 Å². The number of nitrogens with one attached hydrogen (secondary N) is 1. The maximum absolute atomic E-state index is 11.3. The van der Waals surface area contributed by atoms with Crippen LogP contribution in [0.5, 0.6) is 0 Å². The van der Waals surface area contributed by atoms with E-state index in [9.17, 15) is 9.90 Å². The van der Waals surface area contributed by atoms with Crippen LogP contribution < -0.4 is 0 Å². The average Bonchev–Trinajstić information content (AvgIpc) is 2.56. The van der Waals surface area contributed by atoms with Gasteiger partial charge in [-0.05, 0) is 28.9 Å². The molecule has 0 saturated carbocycles. The second kappa shape index (κ2) is 4.94. The van der Waals surface area contributed by atoms with Crippen molar-refractivity contribution >= 4 is 5.97 Å². The first-order valence-electron chi connectivity index (χ1n) is 6.26. The standard InChI is InChI=1S/C14H23NO2/c1-7(2)10-11(8(3)4)13(14(16)17)15-12(10)9(5)6/h7-9,15H,1-6H3,(H,16,17). The van der Waals surface area contributed by atoms with E-state index in [-0.39, 0.29) is 5.92 Å². The van der Waals surface area contributed by atoms with Crippen LogP contribution in [0, 0.1) is 0 Å². The molecule has 2 N–H and O–H groups in total. The lowest BCUT2D eigenvalue weighted by Crippen LogP contribution is -2.04. The van der Waals surface area contributed by atoms with E-state index in [1.54, 1.807) is 0 Å². The number of H-pyrrole nitrogens is 1. The SMILES string of the molecule is CC(C)c1[nH]c(C(=O)O)c(C(C)C)c1C(C)C. The molecule has 1 aromatic rings. The van der Waals surface area contributed by atoms with Crippen LogP contribution >= 0.6 is 0 Å². The van der Waals surface area contributed by atoms with Crippen LogP contribution in [0.15, 0.2) is 0 Å². The van der Waals surface area contributed by atoms with Crippen LogP contribution in [0.2, 0.25) is 0 Å². The van der Waals surface area contributed by atoms with E-state index >= 15 is 0 Å². The summed E-state index contributed by atoms with van der Waals surface area (Å²) in [7, 11) is 0. The molecule has 0 aromatic carbocycles. The molecule has 0 atom stereocenters. The minimum atomic E-state index is -0.859. The molecule has 96 valence electrons. The molecule has 0 bridgehead atoms. The monoisotopic (exact) mass is 237 g/mol. The zero-order valence-electron chi connectivity index (χ0n) is 11.6. The van der Waals surface area contributed by atoms with E-state index < -0.39 is 5.97 Å². The number of carboxylic acids is 1. The van der Waals surface area contributed by atoms with Crippen molar-refractivity contribution in [2.75, 3.05) is 0 Å². The highest BCUT2D eigenvalue weighted by molar-refractivity contribution is 5.88. The van der Waals surface area contributed by atoms with Crippen molar-refractivity contribution in [3.8, 4) is 0 Å². The van der Waals surface area contributed by atoms with Crippen molar-refractivity contribution in [3.05, 3.63) is 22.5 Å².